The minimum absolute atomic E-state index is 0.0473. The summed E-state index contributed by atoms with van der Waals surface area (Å²) in [5, 5.41) is 0. The molecule has 0 bridgehead atoms. The maximum atomic E-state index is 11.8. The zero-order valence-electron chi connectivity index (χ0n) is 11.5. The molecule has 5 heteroatoms. The van der Waals surface area contributed by atoms with Gasteiger partial charge in [0.25, 0.3) is 0 Å². The molecule has 0 aliphatic rings. The molecule has 0 saturated carbocycles. The topological polar surface area (TPSA) is 69.7 Å². The molecule has 0 amide bonds. The van der Waals surface area contributed by atoms with E-state index in [1.807, 2.05) is 13.0 Å². The summed E-state index contributed by atoms with van der Waals surface area (Å²) in [5.41, 5.74) is 1.36. The second-order valence-corrected chi connectivity index (χ2v) is 4.23. The van der Waals surface area contributed by atoms with Crippen LogP contribution in [0.2, 0.25) is 0 Å². The first-order valence-corrected chi connectivity index (χ1v) is 5.95. The molecule has 0 aliphatic carbocycles. The fourth-order valence-corrected chi connectivity index (χ4v) is 1.45. The highest BCUT2D eigenvalue weighted by molar-refractivity contribution is 6.00. The first-order valence-electron chi connectivity index (χ1n) is 5.95. The molecule has 106 valence electrons. The fraction of sp³-hybridized carbons (Fsp3) is 0.267. The van der Waals surface area contributed by atoms with E-state index >= 15 is 0 Å². The highest BCUT2D eigenvalue weighted by atomic mass is 16.5. The van der Waals surface area contributed by atoms with Crippen LogP contribution in [0.1, 0.15) is 22.3 Å². The number of esters is 2. The van der Waals surface area contributed by atoms with E-state index in [1.165, 1.54) is 7.11 Å². The number of ketones is 1. The van der Waals surface area contributed by atoms with E-state index in [0.717, 1.165) is 5.56 Å². The number of hydrogen-bond acceptors (Lipinski definition) is 5. The van der Waals surface area contributed by atoms with Gasteiger partial charge in [0, 0.05) is 11.1 Å². The lowest BCUT2D eigenvalue weighted by molar-refractivity contribution is -0.143. The number of carbonyl (C=O) groups is 3. The number of aryl methyl sites for hydroxylation is 1. The third kappa shape index (κ3) is 4.68. The number of carbonyl (C=O) groups excluding carboxylic acids is 3. The number of hydrogen-bond donors (Lipinski definition) is 0. The maximum Gasteiger partial charge on any atom is 0.334 e. The molecule has 0 unspecified atom stereocenters. The van der Waals surface area contributed by atoms with E-state index < -0.39 is 11.9 Å². The molecule has 0 fully saturated rings. The third-order valence-electron chi connectivity index (χ3n) is 2.55. The Balaban J connectivity index is 2.50. The van der Waals surface area contributed by atoms with Crippen LogP contribution in [0.4, 0.5) is 0 Å². The van der Waals surface area contributed by atoms with Gasteiger partial charge >= 0.3 is 11.9 Å². The van der Waals surface area contributed by atoms with Crippen LogP contribution >= 0.6 is 0 Å². The van der Waals surface area contributed by atoms with Crippen LogP contribution in [0.5, 0.6) is 0 Å². The average molecular weight is 276 g/mol. The van der Waals surface area contributed by atoms with Crippen molar-refractivity contribution < 1.29 is 23.9 Å². The molecular weight excluding hydrogens is 260 g/mol. The average Bonchev–Trinajstić information content (AvgIpc) is 2.43. The van der Waals surface area contributed by atoms with Crippen molar-refractivity contribution in [3.05, 3.63) is 47.5 Å². The van der Waals surface area contributed by atoms with Crippen molar-refractivity contribution in [1.29, 1.82) is 0 Å². The van der Waals surface area contributed by atoms with E-state index in [2.05, 4.69) is 11.3 Å². The van der Waals surface area contributed by atoms with Crippen molar-refractivity contribution in [1.82, 2.24) is 0 Å². The van der Waals surface area contributed by atoms with E-state index in [4.69, 9.17) is 4.74 Å². The Labute approximate surface area is 117 Å². The van der Waals surface area contributed by atoms with Crippen LogP contribution in [-0.4, -0.2) is 31.4 Å². The highest BCUT2D eigenvalue weighted by Crippen LogP contribution is 2.07. The summed E-state index contributed by atoms with van der Waals surface area (Å²) in [5.74, 6) is -1.68. The third-order valence-corrected chi connectivity index (χ3v) is 2.55. The van der Waals surface area contributed by atoms with Crippen LogP contribution in [0.15, 0.2) is 36.4 Å². The Morgan fingerprint density at radius 3 is 2.55 bits per heavy atom. The zero-order chi connectivity index (χ0) is 15.1. The predicted molar refractivity (Wildman–Crippen MR) is 72.2 cm³/mol. The number of methoxy groups -OCH3 is 1. The van der Waals surface area contributed by atoms with Gasteiger partial charge in [-0.15, -0.1) is 0 Å². The Hall–Kier alpha value is -2.43. The van der Waals surface area contributed by atoms with Gasteiger partial charge in [0.05, 0.1) is 13.5 Å². The molecule has 0 N–H and O–H groups in total. The Morgan fingerprint density at radius 2 is 1.95 bits per heavy atom. The van der Waals surface area contributed by atoms with Gasteiger partial charge in [-0.1, -0.05) is 30.3 Å². The van der Waals surface area contributed by atoms with Crippen molar-refractivity contribution in [3.8, 4) is 0 Å². The Bertz CT molecular complexity index is 545. The summed E-state index contributed by atoms with van der Waals surface area (Å²) in [6, 6.07) is 6.97. The Morgan fingerprint density at radius 1 is 1.25 bits per heavy atom. The lowest BCUT2D eigenvalue weighted by Crippen LogP contribution is -2.17. The SMILES string of the molecule is C=C(CC(=O)OC)C(=O)OCC(=O)c1cccc(C)c1. The van der Waals surface area contributed by atoms with Crippen molar-refractivity contribution in [2.45, 2.75) is 13.3 Å². The first-order chi connectivity index (χ1) is 9.43. The van der Waals surface area contributed by atoms with Crippen molar-refractivity contribution in [3.63, 3.8) is 0 Å². The minimum atomic E-state index is -0.781. The van der Waals surface area contributed by atoms with E-state index in [9.17, 15) is 14.4 Å². The minimum Gasteiger partial charge on any atom is -0.469 e. The zero-order valence-corrected chi connectivity index (χ0v) is 11.5. The van der Waals surface area contributed by atoms with Gasteiger partial charge < -0.3 is 9.47 Å². The molecule has 5 nitrogen and oxygen atoms in total. The summed E-state index contributed by atoms with van der Waals surface area (Å²) < 4.78 is 9.21. The lowest BCUT2D eigenvalue weighted by Gasteiger charge is -2.06. The van der Waals surface area contributed by atoms with Gasteiger partial charge in [-0.05, 0) is 13.0 Å². The molecule has 20 heavy (non-hydrogen) atoms. The van der Waals surface area contributed by atoms with Crippen LogP contribution in [0.3, 0.4) is 0 Å². The van der Waals surface area contributed by atoms with Crippen LogP contribution in [-0.2, 0) is 19.1 Å². The fourth-order valence-electron chi connectivity index (χ4n) is 1.45. The Kier molecular flexibility index (Phi) is 5.65. The predicted octanol–water partition coefficient (Wildman–Crippen LogP) is 1.84. The standard InChI is InChI=1S/C15H16O5/c1-10-5-4-6-12(7-10)13(16)9-20-15(18)11(2)8-14(17)19-3/h4-7H,2,8-9H2,1,3H3. The molecular formula is C15H16O5. The number of rotatable bonds is 6. The largest absolute Gasteiger partial charge is 0.469 e. The number of Topliss-reactive ketones (excluding diaryl/α,β-unsaturated/α-hetero) is 1. The van der Waals surface area contributed by atoms with E-state index in [1.54, 1.807) is 18.2 Å². The molecule has 0 saturated heterocycles. The summed E-state index contributed by atoms with van der Waals surface area (Å²) >= 11 is 0. The number of ether oxygens (including phenoxy) is 2. The van der Waals surface area contributed by atoms with Gasteiger partial charge in [0.1, 0.15) is 0 Å². The van der Waals surface area contributed by atoms with Crippen LogP contribution < -0.4 is 0 Å². The quantitative estimate of drug-likeness (QED) is 0.450. The lowest BCUT2D eigenvalue weighted by atomic mass is 10.1. The van der Waals surface area contributed by atoms with Crippen LogP contribution in [0, 0.1) is 6.92 Å². The normalized spacial score (nSPS) is 9.70. The highest BCUT2D eigenvalue weighted by Gasteiger charge is 2.15. The molecule has 0 aliphatic heterocycles. The van der Waals surface area contributed by atoms with Gasteiger partial charge in [-0.3, -0.25) is 9.59 Å². The smallest absolute Gasteiger partial charge is 0.334 e. The van der Waals surface area contributed by atoms with Gasteiger partial charge in [0.15, 0.2) is 12.4 Å². The summed E-state index contributed by atoms with van der Waals surface area (Å²) in [7, 11) is 1.21. The second-order valence-electron chi connectivity index (χ2n) is 4.23. The van der Waals surface area contributed by atoms with Crippen LogP contribution in [0.25, 0.3) is 0 Å². The molecule has 0 spiro atoms. The maximum absolute atomic E-state index is 11.8. The van der Waals surface area contributed by atoms with E-state index in [-0.39, 0.29) is 24.4 Å². The van der Waals surface area contributed by atoms with Gasteiger partial charge in [-0.2, -0.15) is 0 Å². The monoisotopic (exact) mass is 276 g/mol. The van der Waals surface area contributed by atoms with Gasteiger partial charge in [0.2, 0.25) is 0 Å². The van der Waals surface area contributed by atoms with E-state index in [0.29, 0.717) is 5.56 Å². The molecule has 1 rings (SSSR count). The molecule has 0 heterocycles. The molecule has 1 aromatic rings. The molecule has 0 aromatic heterocycles. The summed E-state index contributed by atoms with van der Waals surface area (Å²) in [6.45, 7) is 4.90. The second kappa shape index (κ2) is 7.23. The van der Waals surface area contributed by atoms with Gasteiger partial charge in [-0.25, -0.2) is 4.79 Å². The van der Waals surface area contributed by atoms with Crippen molar-refractivity contribution in [2.75, 3.05) is 13.7 Å². The summed E-state index contributed by atoms with van der Waals surface area (Å²) in [4.78, 5) is 34.3. The molecule has 0 radical (unpaired) electrons. The van der Waals surface area contributed by atoms with Crippen molar-refractivity contribution >= 4 is 17.7 Å². The number of benzene rings is 1. The molecule has 0 atom stereocenters. The summed E-state index contributed by atoms with van der Waals surface area (Å²) in [6.07, 6.45) is -0.256. The first kappa shape index (κ1) is 15.6. The molecule has 1 aromatic carbocycles. The van der Waals surface area contributed by atoms with Crippen molar-refractivity contribution in [2.24, 2.45) is 0 Å².